The molecule has 34 heavy (non-hydrogen) atoms. The third kappa shape index (κ3) is 6.17. The van der Waals surface area contributed by atoms with Crippen LogP contribution in [0.2, 0.25) is 5.02 Å². The van der Waals surface area contributed by atoms with E-state index in [2.05, 4.69) is 22.8 Å². The first-order valence-electron chi connectivity index (χ1n) is 11.2. The number of hydrogen-bond acceptors (Lipinski definition) is 4. The Balaban J connectivity index is 1.37. The number of alkyl halides is 3. The molecular weight excluding hydrogens is 469 g/mol. The van der Waals surface area contributed by atoms with Crippen LogP contribution in [0.25, 0.3) is 0 Å². The first-order valence-corrected chi connectivity index (χ1v) is 11.6. The van der Waals surface area contributed by atoms with Crippen LogP contribution < -0.4 is 10.6 Å². The van der Waals surface area contributed by atoms with Crippen molar-refractivity contribution in [2.45, 2.75) is 50.4 Å². The molecule has 1 saturated carbocycles. The van der Waals surface area contributed by atoms with Crippen LogP contribution in [0, 0.1) is 5.92 Å². The molecule has 182 valence electrons. The lowest BCUT2D eigenvalue weighted by atomic mass is 9.79. The van der Waals surface area contributed by atoms with Crippen LogP contribution in [0.3, 0.4) is 0 Å². The Morgan fingerprint density at radius 3 is 2.47 bits per heavy atom. The maximum Gasteiger partial charge on any atom is 0.416 e. The zero-order valence-electron chi connectivity index (χ0n) is 18.4. The van der Waals surface area contributed by atoms with E-state index in [0.717, 1.165) is 50.3 Å². The zero-order valence-corrected chi connectivity index (χ0v) is 19.2. The largest absolute Gasteiger partial charge is 0.459 e. The SMILES string of the molecule is O=C(NC1CCC(C(Cc2ccccc2)NC2=COCO2)CC1)c1cc(C(F)(F)F)ccc1Cl. The second-order valence-corrected chi connectivity index (χ2v) is 9.04. The van der Waals surface area contributed by atoms with Crippen LogP contribution in [-0.2, 0) is 22.1 Å². The molecule has 0 spiro atoms. The maximum atomic E-state index is 13.0. The Kier molecular flexibility index (Phi) is 7.56. The molecule has 0 saturated heterocycles. The minimum atomic E-state index is -4.54. The van der Waals surface area contributed by atoms with Crippen LogP contribution in [0.5, 0.6) is 0 Å². The van der Waals surface area contributed by atoms with Crippen molar-refractivity contribution in [3.63, 3.8) is 0 Å². The van der Waals surface area contributed by atoms with Crippen LogP contribution in [0.1, 0.15) is 47.2 Å². The molecule has 0 aromatic heterocycles. The summed E-state index contributed by atoms with van der Waals surface area (Å²) in [5.41, 5.74) is 0.148. The second-order valence-electron chi connectivity index (χ2n) is 8.63. The fourth-order valence-electron chi connectivity index (χ4n) is 4.51. The van der Waals surface area contributed by atoms with Crippen LogP contribution in [0.4, 0.5) is 13.2 Å². The standard InChI is InChI=1S/C25H26ClF3N2O3/c26-21-11-8-18(25(27,28)29)13-20(21)24(32)30-19-9-6-17(7-10-19)22(31-23-14-33-15-34-23)12-16-4-2-1-3-5-16/h1-5,8,11,13-14,17,19,22,31H,6-7,9-10,12,15H2,(H,30,32). The lowest BCUT2D eigenvalue weighted by Gasteiger charge is -2.35. The van der Waals surface area contributed by atoms with E-state index in [9.17, 15) is 18.0 Å². The number of nitrogens with one attached hydrogen (secondary N) is 2. The van der Waals surface area contributed by atoms with Crippen molar-refractivity contribution in [3.05, 3.63) is 82.4 Å². The molecule has 1 atom stereocenters. The molecule has 1 aliphatic carbocycles. The number of amides is 1. The minimum Gasteiger partial charge on any atom is -0.459 e. The smallest absolute Gasteiger partial charge is 0.416 e. The molecule has 2 aromatic rings. The predicted molar refractivity (Wildman–Crippen MR) is 122 cm³/mol. The molecule has 0 radical (unpaired) electrons. The highest BCUT2D eigenvalue weighted by Crippen LogP contribution is 2.33. The van der Waals surface area contributed by atoms with Gasteiger partial charge in [-0.3, -0.25) is 4.79 Å². The van der Waals surface area contributed by atoms with E-state index in [4.69, 9.17) is 21.1 Å². The van der Waals surface area contributed by atoms with Gasteiger partial charge in [0.2, 0.25) is 12.7 Å². The molecule has 9 heteroatoms. The number of carbonyl (C=O) groups is 1. The Morgan fingerprint density at radius 1 is 1.09 bits per heavy atom. The van der Waals surface area contributed by atoms with Crippen molar-refractivity contribution in [1.82, 2.24) is 10.6 Å². The molecule has 1 amide bonds. The topological polar surface area (TPSA) is 59.6 Å². The maximum absolute atomic E-state index is 13.0. The van der Waals surface area contributed by atoms with Crippen molar-refractivity contribution in [2.24, 2.45) is 5.92 Å². The first kappa shape index (κ1) is 24.3. The van der Waals surface area contributed by atoms with Gasteiger partial charge in [-0.1, -0.05) is 41.9 Å². The molecule has 5 nitrogen and oxygen atoms in total. The number of carbonyl (C=O) groups excluding carboxylic acids is 1. The van der Waals surface area contributed by atoms with Gasteiger partial charge in [-0.25, -0.2) is 0 Å². The first-order chi connectivity index (χ1) is 16.3. The van der Waals surface area contributed by atoms with Gasteiger partial charge >= 0.3 is 6.18 Å². The Bertz CT molecular complexity index is 1020. The van der Waals surface area contributed by atoms with Crippen molar-refractivity contribution < 1.29 is 27.4 Å². The summed E-state index contributed by atoms with van der Waals surface area (Å²) in [5, 5.41) is 6.31. The van der Waals surface area contributed by atoms with E-state index in [1.54, 1.807) is 6.26 Å². The number of ether oxygens (including phenoxy) is 2. The van der Waals surface area contributed by atoms with Crippen molar-refractivity contribution >= 4 is 17.5 Å². The van der Waals surface area contributed by atoms with E-state index < -0.39 is 17.6 Å². The summed E-state index contributed by atoms with van der Waals surface area (Å²) in [7, 11) is 0. The van der Waals surface area contributed by atoms with E-state index >= 15 is 0 Å². The fraction of sp³-hybridized carbons (Fsp3) is 0.400. The lowest BCUT2D eigenvalue weighted by molar-refractivity contribution is -0.137. The third-order valence-electron chi connectivity index (χ3n) is 6.31. The molecule has 4 rings (SSSR count). The highest BCUT2D eigenvalue weighted by atomic mass is 35.5. The highest BCUT2D eigenvalue weighted by molar-refractivity contribution is 6.33. The Hall–Kier alpha value is -2.87. The van der Waals surface area contributed by atoms with Crippen molar-refractivity contribution in [3.8, 4) is 0 Å². The molecule has 1 heterocycles. The summed E-state index contributed by atoms with van der Waals surface area (Å²) in [6, 6.07) is 12.9. The lowest BCUT2D eigenvalue weighted by Crippen LogP contribution is -2.43. The molecular formula is C25H26ClF3N2O3. The van der Waals surface area contributed by atoms with Gasteiger partial charge in [0, 0.05) is 12.1 Å². The molecule has 2 N–H and O–H groups in total. The van der Waals surface area contributed by atoms with Gasteiger partial charge in [-0.05, 0) is 61.8 Å². The normalized spacial score (nSPS) is 21.1. The highest BCUT2D eigenvalue weighted by Gasteiger charge is 2.33. The zero-order chi connectivity index (χ0) is 24.1. The summed E-state index contributed by atoms with van der Waals surface area (Å²) < 4.78 is 49.7. The molecule has 2 aromatic carbocycles. The average Bonchev–Trinajstić information content (AvgIpc) is 3.32. The Morgan fingerprint density at radius 2 is 1.82 bits per heavy atom. The van der Waals surface area contributed by atoms with Crippen LogP contribution in [0.15, 0.2) is 60.7 Å². The molecule has 0 bridgehead atoms. The van der Waals surface area contributed by atoms with Gasteiger partial charge in [0.05, 0.1) is 16.1 Å². The molecule has 1 fully saturated rings. The molecule has 1 unspecified atom stereocenters. The monoisotopic (exact) mass is 494 g/mol. The summed E-state index contributed by atoms with van der Waals surface area (Å²) >= 11 is 6.02. The molecule has 2 aliphatic rings. The van der Waals surface area contributed by atoms with Gasteiger partial charge in [0.25, 0.3) is 5.91 Å². The van der Waals surface area contributed by atoms with Gasteiger partial charge < -0.3 is 20.1 Å². The van der Waals surface area contributed by atoms with Crippen LogP contribution in [-0.4, -0.2) is 24.8 Å². The summed E-state index contributed by atoms with van der Waals surface area (Å²) in [6.45, 7) is 0.192. The van der Waals surface area contributed by atoms with E-state index in [0.29, 0.717) is 11.8 Å². The summed E-state index contributed by atoms with van der Waals surface area (Å²) in [6.07, 6.45) is 0.972. The van der Waals surface area contributed by atoms with Crippen molar-refractivity contribution in [1.29, 1.82) is 0 Å². The Labute approximate surface area is 201 Å². The summed E-state index contributed by atoms with van der Waals surface area (Å²) in [4.78, 5) is 12.7. The number of hydrogen-bond donors (Lipinski definition) is 2. The van der Waals surface area contributed by atoms with Crippen LogP contribution >= 0.6 is 11.6 Å². The van der Waals surface area contributed by atoms with Gasteiger partial charge in [0.1, 0.15) is 6.26 Å². The third-order valence-corrected chi connectivity index (χ3v) is 6.64. The van der Waals surface area contributed by atoms with E-state index in [1.807, 2.05) is 18.2 Å². The second kappa shape index (κ2) is 10.6. The van der Waals surface area contributed by atoms with E-state index in [1.165, 1.54) is 5.56 Å². The minimum absolute atomic E-state index is 0.00151. The van der Waals surface area contributed by atoms with E-state index in [-0.39, 0.29) is 29.5 Å². The van der Waals surface area contributed by atoms with Gasteiger partial charge in [-0.2, -0.15) is 13.2 Å². The predicted octanol–water partition coefficient (Wildman–Crippen LogP) is 5.65. The quantitative estimate of drug-likeness (QED) is 0.522. The number of rotatable bonds is 7. The fourth-order valence-corrected chi connectivity index (χ4v) is 4.71. The number of halogens is 4. The molecule has 1 aliphatic heterocycles. The summed E-state index contributed by atoms with van der Waals surface area (Å²) in [5.74, 6) is 0.353. The van der Waals surface area contributed by atoms with Gasteiger partial charge in [0.15, 0.2) is 0 Å². The average molecular weight is 495 g/mol. The van der Waals surface area contributed by atoms with Crippen molar-refractivity contribution in [2.75, 3.05) is 6.79 Å². The van der Waals surface area contributed by atoms with Gasteiger partial charge in [-0.15, -0.1) is 0 Å². The number of benzene rings is 2.